The van der Waals surface area contributed by atoms with Crippen LogP contribution >= 0.6 is 0 Å². The van der Waals surface area contributed by atoms with Crippen LogP contribution in [0.4, 0.5) is 4.39 Å². The summed E-state index contributed by atoms with van der Waals surface area (Å²) in [5.41, 5.74) is 2.66. The van der Waals surface area contributed by atoms with Crippen molar-refractivity contribution in [2.24, 2.45) is 0 Å². The number of benzene rings is 1. The minimum absolute atomic E-state index is 0.153. The Morgan fingerprint density at radius 3 is 2.24 bits per heavy atom. The summed E-state index contributed by atoms with van der Waals surface area (Å²) >= 11 is 0. The minimum atomic E-state index is -0.153. The van der Waals surface area contributed by atoms with Crippen molar-refractivity contribution in [2.75, 3.05) is 0 Å². The van der Waals surface area contributed by atoms with Gasteiger partial charge in [0.15, 0.2) is 5.82 Å². The van der Waals surface area contributed by atoms with Gasteiger partial charge in [0.2, 0.25) is 0 Å². The van der Waals surface area contributed by atoms with Crippen LogP contribution in [0, 0.1) is 5.82 Å². The zero-order valence-corrected chi connectivity index (χ0v) is 12.9. The van der Waals surface area contributed by atoms with E-state index >= 15 is 0 Å². The number of aromatic nitrogens is 2. The second kappa shape index (κ2) is 7.87. The molecule has 21 heavy (non-hydrogen) atoms. The molecule has 1 aromatic heterocycles. The highest BCUT2D eigenvalue weighted by Gasteiger charge is 2.07. The smallest absolute Gasteiger partial charge is 0.159 e. The molecule has 0 atom stereocenters. The molecule has 1 heterocycles. The summed E-state index contributed by atoms with van der Waals surface area (Å²) in [6.45, 7) is 4.28. The Bertz CT molecular complexity index is 564. The molecule has 0 aliphatic carbocycles. The van der Waals surface area contributed by atoms with Crippen LogP contribution in [-0.4, -0.2) is 9.97 Å². The Balaban J connectivity index is 2.12. The molecule has 0 unspecified atom stereocenters. The van der Waals surface area contributed by atoms with E-state index in [1.165, 1.54) is 0 Å². The van der Waals surface area contributed by atoms with Gasteiger partial charge in [-0.1, -0.05) is 38.8 Å². The highest BCUT2D eigenvalue weighted by molar-refractivity contribution is 5.55. The zero-order chi connectivity index (χ0) is 15.1. The molecule has 0 amide bonds. The fourth-order valence-corrected chi connectivity index (χ4v) is 2.27. The second-order valence-electron chi connectivity index (χ2n) is 5.43. The van der Waals surface area contributed by atoms with Crippen molar-refractivity contribution in [2.45, 2.75) is 52.4 Å². The highest BCUT2D eigenvalue weighted by Crippen LogP contribution is 2.20. The summed E-state index contributed by atoms with van der Waals surface area (Å²) in [6, 6.07) is 5.32. The first-order valence-electron chi connectivity index (χ1n) is 7.84. The van der Waals surface area contributed by atoms with Crippen LogP contribution in [0.15, 0.2) is 30.6 Å². The maximum Gasteiger partial charge on any atom is 0.159 e. The molecule has 3 heteroatoms. The molecule has 0 fully saturated rings. The molecule has 0 aliphatic rings. The average molecular weight is 286 g/mol. The van der Waals surface area contributed by atoms with E-state index < -0.39 is 0 Å². The van der Waals surface area contributed by atoms with Crippen LogP contribution in [0.25, 0.3) is 11.4 Å². The van der Waals surface area contributed by atoms with E-state index in [4.69, 9.17) is 0 Å². The van der Waals surface area contributed by atoms with E-state index in [1.54, 1.807) is 6.07 Å². The number of hydrogen-bond donors (Lipinski definition) is 0. The average Bonchev–Trinajstić information content (AvgIpc) is 2.52. The third-order valence-corrected chi connectivity index (χ3v) is 3.64. The van der Waals surface area contributed by atoms with Crippen LogP contribution in [0.1, 0.15) is 50.7 Å². The molecular weight excluding hydrogens is 263 g/mol. The third kappa shape index (κ3) is 4.35. The maximum absolute atomic E-state index is 14.0. The van der Waals surface area contributed by atoms with Gasteiger partial charge in [-0.05, 0) is 42.9 Å². The first-order valence-corrected chi connectivity index (χ1v) is 7.84. The Hall–Kier alpha value is -1.77. The second-order valence-corrected chi connectivity index (χ2v) is 5.43. The van der Waals surface area contributed by atoms with Gasteiger partial charge < -0.3 is 0 Å². The van der Waals surface area contributed by atoms with Gasteiger partial charge >= 0.3 is 0 Å². The molecule has 0 saturated heterocycles. The molecule has 0 N–H and O–H groups in total. The lowest BCUT2D eigenvalue weighted by Gasteiger charge is -2.06. The first-order chi connectivity index (χ1) is 10.2. The van der Waals surface area contributed by atoms with Crippen LogP contribution in [0.3, 0.4) is 0 Å². The molecular formula is C18H23FN2. The quantitative estimate of drug-likeness (QED) is 0.718. The van der Waals surface area contributed by atoms with E-state index in [0.29, 0.717) is 5.82 Å². The van der Waals surface area contributed by atoms with Crippen molar-refractivity contribution >= 4 is 0 Å². The number of halogens is 1. The minimum Gasteiger partial charge on any atom is -0.236 e. The normalized spacial score (nSPS) is 10.8. The van der Waals surface area contributed by atoms with E-state index in [2.05, 4.69) is 23.8 Å². The Morgan fingerprint density at radius 2 is 1.62 bits per heavy atom. The van der Waals surface area contributed by atoms with Gasteiger partial charge in [-0.25, -0.2) is 14.4 Å². The van der Waals surface area contributed by atoms with Crippen molar-refractivity contribution in [1.29, 1.82) is 0 Å². The molecule has 0 aliphatic heterocycles. The van der Waals surface area contributed by atoms with E-state index in [-0.39, 0.29) is 5.82 Å². The molecule has 2 rings (SSSR count). The molecule has 2 aromatic rings. The monoisotopic (exact) mass is 286 g/mol. The molecule has 0 spiro atoms. The third-order valence-electron chi connectivity index (χ3n) is 3.64. The van der Waals surface area contributed by atoms with Crippen LogP contribution in [0.5, 0.6) is 0 Å². The Morgan fingerprint density at radius 1 is 0.952 bits per heavy atom. The van der Waals surface area contributed by atoms with Gasteiger partial charge in [0.05, 0.1) is 0 Å². The topological polar surface area (TPSA) is 25.8 Å². The highest BCUT2D eigenvalue weighted by atomic mass is 19.1. The number of unbranched alkanes of at least 4 members (excludes halogenated alkanes) is 2. The molecule has 0 bridgehead atoms. The lowest BCUT2D eigenvalue weighted by Crippen LogP contribution is -1.95. The van der Waals surface area contributed by atoms with Gasteiger partial charge in [0.1, 0.15) is 5.82 Å². The van der Waals surface area contributed by atoms with E-state index in [9.17, 15) is 4.39 Å². The van der Waals surface area contributed by atoms with Crippen molar-refractivity contribution in [3.63, 3.8) is 0 Å². The van der Waals surface area contributed by atoms with Crippen LogP contribution < -0.4 is 0 Å². The predicted octanol–water partition coefficient (Wildman–Crippen LogP) is 4.97. The molecule has 1 aromatic carbocycles. The maximum atomic E-state index is 14.0. The summed E-state index contributed by atoms with van der Waals surface area (Å²) in [6.07, 6.45) is 9.88. The fourth-order valence-electron chi connectivity index (χ4n) is 2.27. The van der Waals surface area contributed by atoms with E-state index in [1.807, 2.05) is 24.5 Å². The number of aryl methyl sites for hydroxylation is 2. The number of nitrogens with zero attached hydrogens (tertiary/aromatic N) is 2. The molecule has 0 saturated carbocycles. The summed E-state index contributed by atoms with van der Waals surface area (Å²) in [5, 5.41) is 0. The van der Waals surface area contributed by atoms with Gasteiger partial charge in [0.25, 0.3) is 0 Å². The Kier molecular flexibility index (Phi) is 5.85. The van der Waals surface area contributed by atoms with Gasteiger partial charge in [0, 0.05) is 18.0 Å². The number of hydrogen-bond acceptors (Lipinski definition) is 2. The molecule has 2 nitrogen and oxygen atoms in total. The SMILES string of the molecule is CCCCc1cnc(-c2ccc(CCCC)c(F)c2)nc1. The fraction of sp³-hybridized carbons (Fsp3) is 0.444. The lowest BCUT2D eigenvalue weighted by molar-refractivity contribution is 0.603. The lowest BCUT2D eigenvalue weighted by atomic mass is 10.0. The summed E-state index contributed by atoms with van der Waals surface area (Å²) in [5.74, 6) is 0.441. The summed E-state index contributed by atoms with van der Waals surface area (Å²) < 4.78 is 14.0. The largest absolute Gasteiger partial charge is 0.236 e. The van der Waals surface area contributed by atoms with Gasteiger partial charge in [-0.15, -0.1) is 0 Å². The van der Waals surface area contributed by atoms with Crippen molar-refractivity contribution in [3.8, 4) is 11.4 Å². The van der Waals surface area contributed by atoms with Gasteiger partial charge in [-0.3, -0.25) is 0 Å². The predicted molar refractivity (Wildman–Crippen MR) is 84.7 cm³/mol. The van der Waals surface area contributed by atoms with Crippen LogP contribution in [-0.2, 0) is 12.8 Å². The van der Waals surface area contributed by atoms with Crippen LogP contribution in [0.2, 0.25) is 0 Å². The molecule has 112 valence electrons. The summed E-state index contributed by atoms with van der Waals surface area (Å²) in [7, 11) is 0. The van der Waals surface area contributed by atoms with Gasteiger partial charge in [-0.2, -0.15) is 0 Å². The Labute approximate surface area is 126 Å². The van der Waals surface area contributed by atoms with Crippen molar-refractivity contribution in [3.05, 3.63) is 47.5 Å². The zero-order valence-electron chi connectivity index (χ0n) is 12.9. The standard InChI is InChI=1S/C18H23FN2/c1-3-5-7-14-12-20-18(21-13-14)16-10-9-15(8-6-4-2)17(19)11-16/h9-13H,3-8H2,1-2H3. The van der Waals surface area contributed by atoms with E-state index in [0.717, 1.165) is 55.2 Å². The molecule has 0 radical (unpaired) electrons. The van der Waals surface area contributed by atoms with Crippen molar-refractivity contribution in [1.82, 2.24) is 9.97 Å². The summed E-state index contributed by atoms with van der Waals surface area (Å²) in [4.78, 5) is 8.71. The first kappa shape index (κ1) is 15.6. The number of rotatable bonds is 7. The van der Waals surface area contributed by atoms with Crippen molar-refractivity contribution < 1.29 is 4.39 Å².